The summed E-state index contributed by atoms with van der Waals surface area (Å²) in [5.74, 6) is 0.519. The van der Waals surface area contributed by atoms with E-state index in [1.807, 2.05) is 36.4 Å². The first kappa shape index (κ1) is 14.3. The van der Waals surface area contributed by atoms with Gasteiger partial charge < -0.3 is 15.0 Å². The van der Waals surface area contributed by atoms with Gasteiger partial charge in [-0.2, -0.15) is 0 Å². The van der Waals surface area contributed by atoms with Crippen LogP contribution in [0.2, 0.25) is 0 Å². The number of carbonyl (C=O) groups excluding carboxylic acids is 1. The van der Waals surface area contributed by atoms with Crippen LogP contribution in [0.1, 0.15) is 0 Å². The van der Waals surface area contributed by atoms with Crippen LogP contribution in [-0.4, -0.2) is 37.3 Å². The number of hydrogen-bond donors (Lipinski definition) is 2. The van der Waals surface area contributed by atoms with Crippen LogP contribution in [0.5, 0.6) is 0 Å². The first-order valence-corrected chi connectivity index (χ1v) is 7.23. The number of para-hydroxylation sites is 1. The molecule has 2 heterocycles. The summed E-state index contributed by atoms with van der Waals surface area (Å²) >= 11 is 0. The van der Waals surface area contributed by atoms with Gasteiger partial charge in [-0.15, -0.1) is 0 Å². The third-order valence-electron chi connectivity index (χ3n) is 3.40. The molecule has 0 saturated carbocycles. The van der Waals surface area contributed by atoms with Crippen LogP contribution in [0.4, 0.5) is 22.0 Å². The Morgan fingerprint density at radius 2 is 1.82 bits per heavy atom. The van der Waals surface area contributed by atoms with Crippen LogP contribution in [0.3, 0.4) is 0 Å². The lowest BCUT2D eigenvalue weighted by Gasteiger charge is -2.28. The Morgan fingerprint density at radius 1 is 1.05 bits per heavy atom. The number of rotatable bonds is 3. The van der Waals surface area contributed by atoms with E-state index in [4.69, 9.17) is 4.74 Å². The fourth-order valence-corrected chi connectivity index (χ4v) is 2.27. The minimum absolute atomic E-state index is 0.308. The molecule has 2 N–H and O–H groups in total. The number of hydrogen-bond acceptors (Lipinski definition) is 4. The molecule has 22 heavy (non-hydrogen) atoms. The highest BCUT2D eigenvalue weighted by atomic mass is 16.5. The molecule has 1 saturated heterocycles. The van der Waals surface area contributed by atoms with Crippen molar-refractivity contribution in [1.82, 2.24) is 4.98 Å². The lowest BCUT2D eigenvalue weighted by atomic mass is 10.3. The van der Waals surface area contributed by atoms with Gasteiger partial charge in [0.15, 0.2) is 0 Å². The number of nitrogens with one attached hydrogen (secondary N) is 2. The van der Waals surface area contributed by atoms with Crippen molar-refractivity contribution in [2.75, 3.05) is 41.8 Å². The Hall–Kier alpha value is -2.60. The largest absolute Gasteiger partial charge is 0.378 e. The molecule has 6 nitrogen and oxygen atoms in total. The third kappa shape index (κ3) is 3.73. The lowest BCUT2D eigenvalue weighted by Crippen LogP contribution is -2.36. The number of urea groups is 1. The number of aromatic nitrogens is 1. The Morgan fingerprint density at radius 3 is 2.50 bits per heavy atom. The molecule has 1 aromatic heterocycles. The summed E-state index contributed by atoms with van der Waals surface area (Å²) in [6.45, 7) is 3.20. The van der Waals surface area contributed by atoms with E-state index in [9.17, 15) is 4.79 Å². The summed E-state index contributed by atoms with van der Waals surface area (Å²) in [5.41, 5.74) is 1.78. The molecule has 0 bridgehead atoms. The second-order valence-corrected chi connectivity index (χ2v) is 4.95. The number of ether oxygens (including phenoxy) is 1. The maximum Gasteiger partial charge on any atom is 0.324 e. The first-order chi connectivity index (χ1) is 10.8. The monoisotopic (exact) mass is 298 g/mol. The van der Waals surface area contributed by atoms with Gasteiger partial charge in [0.1, 0.15) is 5.82 Å². The Labute approximate surface area is 129 Å². The lowest BCUT2D eigenvalue weighted by molar-refractivity contribution is 0.122. The van der Waals surface area contributed by atoms with Gasteiger partial charge in [-0.1, -0.05) is 18.2 Å². The average Bonchev–Trinajstić information content (AvgIpc) is 2.57. The van der Waals surface area contributed by atoms with Gasteiger partial charge in [-0.05, 0) is 24.3 Å². The highest BCUT2D eigenvalue weighted by Crippen LogP contribution is 2.16. The van der Waals surface area contributed by atoms with E-state index in [1.165, 1.54) is 0 Å². The number of nitrogens with zero attached hydrogens (tertiary/aromatic N) is 2. The van der Waals surface area contributed by atoms with Crippen molar-refractivity contribution in [2.24, 2.45) is 0 Å². The van der Waals surface area contributed by atoms with Gasteiger partial charge in [0, 0.05) is 18.8 Å². The van der Waals surface area contributed by atoms with E-state index in [0.29, 0.717) is 5.82 Å². The average molecular weight is 298 g/mol. The topological polar surface area (TPSA) is 66.5 Å². The molecule has 114 valence electrons. The van der Waals surface area contributed by atoms with Crippen molar-refractivity contribution in [2.45, 2.75) is 0 Å². The summed E-state index contributed by atoms with van der Waals surface area (Å²) in [7, 11) is 0. The summed E-state index contributed by atoms with van der Waals surface area (Å²) in [4.78, 5) is 18.4. The van der Waals surface area contributed by atoms with E-state index >= 15 is 0 Å². The zero-order valence-electron chi connectivity index (χ0n) is 12.2. The predicted octanol–water partition coefficient (Wildman–Crippen LogP) is 2.56. The Bertz CT molecular complexity index is 610. The minimum atomic E-state index is -0.308. The maximum absolute atomic E-state index is 11.9. The summed E-state index contributed by atoms with van der Waals surface area (Å²) < 4.78 is 5.33. The van der Waals surface area contributed by atoms with Gasteiger partial charge in [-0.25, -0.2) is 9.78 Å². The molecular formula is C16H18N4O2. The van der Waals surface area contributed by atoms with E-state index < -0.39 is 0 Å². The van der Waals surface area contributed by atoms with Crippen molar-refractivity contribution in [3.05, 3.63) is 48.7 Å². The van der Waals surface area contributed by atoms with Crippen molar-refractivity contribution in [1.29, 1.82) is 0 Å². The SMILES string of the molecule is O=C(Nc1ccccc1)Nc1ccc(N2CCOCC2)cn1. The maximum atomic E-state index is 11.9. The van der Waals surface area contributed by atoms with Crippen LogP contribution in [0, 0.1) is 0 Å². The molecule has 1 aliphatic rings. The standard InChI is InChI=1S/C16H18N4O2/c21-16(18-13-4-2-1-3-5-13)19-15-7-6-14(12-17-15)20-8-10-22-11-9-20/h1-7,12H,8-11H2,(H2,17,18,19,21). The second kappa shape index (κ2) is 6.91. The molecule has 0 aliphatic carbocycles. The van der Waals surface area contributed by atoms with Crippen LogP contribution in [0.25, 0.3) is 0 Å². The van der Waals surface area contributed by atoms with Gasteiger partial charge in [0.05, 0.1) is 25.1 Å². The summed E-state index contributed by atoms with van der Waals surface area (Å²) in [6, 6.07) is 12.7. The molecule has 1 aliphatic heterocycles. The van der Waals surface area contributed by atoms with Crippen LogP contribution in [-0.2, 0) is 4.74 Å². The highest BCUT2D eigenvalue weighted by molar-refractivity contribution is 5.99. The molecular weight excluding hydrogens is 280 g/mol. The fourth-order valence-electron chi connectivity index (χ4n) is 2.27. The second-order valence-electron chi connectivity index (χ2n) is 4.95. The molecule has 0 atom stereocenters. The molecule has 0 unspecified atom stereocenters. The Kier molecular flexibility index (Phi) is 4.50. The number of amides is 2. The van der Waals surface area contributed by atoms with Gasteiger partial charge in [-0.3, -0.25) is 5.32 Å². The minimum Gasteiger partial charge on any atom is -0.378 e. The summed E-state index contributed by atoms with van der Waals surface area (Å²) in [6.07, 6.45) is 1.77. The zero-order chi connectivity index (χ0) is 15.2. The van der Waals surface area contributed by atoms with Gasteiger partial charge >= 0.3 is 6.03 Å². The number of anilines is 3. The smallest absolute Gasteiger partial charge is 0.324 e. The molecule has 2 aromatic rings. The normalized spacial score (nSPS) is 14.5. The number of carbonyl (C=O) groups is 1. The number of morpholine rings is 1. The van der Waals surface area contributed by atoms with E-state index in [2.05, 4.69) is 20.5 Å². The molecule has 0 spiro atoms. The molecule has 3 rings (SSSR count). The van der Waals surface area contributed by atoms with Crippen LogP contribution >= 0.6 is 0 Å². The molecule has 6 heteroatoms. The molecule has 0 radical (unpaired) electrons. The summed E-state index contributed by atoms with van der Waals surface area (Å²) in [5, 5.41) is 5.47. The van der Waals surface area contributed by atoms with Crippen molar-refractivity contribution >= 4 is 23.2 Å². The molecule has 2 amide bonds. The van der Waals surface area contributed by atoms with E-state index in [1.54, 1.807) is 12.3 Å². The quantitative estimate of drug-likeness (QED) is 0.914. The predicted molar refractivity (Wildman–Crippen MR) is 86.4 cm³/mol. The van der Waals surface area contributed by atoms with Crippen molar-refractivity contribution in [3.8, 4) is 0 Å². The van der Waals surface area contributed by atoms with Crippen LogP contribution < -0.4 is 15.5 Å². The number of benzene rings is 1. The zero-order valence-corrected chi connectivity index (χ0v) is 12.2. The van der Waals surface area contributed by atoms with Crippen molar-refractivity contribution < 1.29 is 9.53 Å². The highest BCUT2D eigenvalue weighted by Gasteiger charge is 2.11. The van der Waals surface area contributed by atoms with E-state index in [-0.39, 0.29) is 6.03 Å². The van der Waals surface area contributed by atoms with Gasteiger partial charge in [0.2, 0.25) is 0 Å². The van der Waals surface area contributed by atoms with Crippen LogP contribution in [0.15, 0.2) is 48.7 Å². The van der Waals surface area contributed by atoms with Crippen molar-refractivity contribution in [3.63, 3.8) is 0 Å². The van der Waals surface area contributed by atoms with E-state index in [0.717, 1.165) is 37.7 Å². The molecule has 1 aromatic carbocycles. The molecule has 1 fully saturated rings. The number of pyridine rings is 1. The fraction of sp³-hybridized carbons (Fsp3) is 0.250. The third-order valence-corrected chi connectivity index (χ3v) is 3.40. The first-order valence-electron chi connectivity index (χ1n) is 7.23. The van der Waals surface area contributed by atoms with Gasteiger partial charge in [0.25, 0.3) is 0 Å². The Balaban J connectivity index is 1.57.